The van der Waals surface area contributed by atoms with Crippen molar-refractivity contribution in [2.75, 3.05) is 11.9 Å². The minimum absolute atomic E-state index is 0.642. The number of aromatic amines is 1. The zero-order valence-electron chi connectivity index (χ0n) is 12.6. The number of nitrogens with zero attached hydrogens (tertiary/aromatic N) is 3. The smallest absolute Gasteiger partial charge is 0.225 e. The van der Waals surface area contributed by atoms with Crippen LogP contribution in [0.5, 0.6) is 0 Å². The molecule has 0 aliphatic rings. The second kappa shape index (κ2) is 5.52. The predicted molar refractivity (Wildman–Crippen MR) is 85.4 cm³/mol. The first kappa shape index (κ1) is 13.5. The summed E-state index contributed by atoms with van der Waals surface area (Å²) in [5.41, 5.74) is 5.26. The van der Waals surface area contributed by atoms with Gasteiger partial charge in [-0.1, -0.05) is 30.7 Å². The summed E-state index contributed by atoms with van der Waals surface area (Å²) >= 11 is 0. The van der Waals surface area contributed by atoms with E-state index in [0.29, 0.717) is 5.95 Å². The third kappa shape index (κ3) is 2.59. The van der Waals surface area contributed by atoms with Crippen LogP contribution in [0.3, 0.4) is 0 Å². The molecule has 3 aromatic rings. The maximum Gasteiger partial charge on any atom is 0.225 e. The number of anilines is 1. The van der Waals surface area contributed by atoms with Crippen LogP contribution in [0.2, 0.25) is 0 Å². The van der Waals surface area contributed by atoms with E-state index in [0.717, 1.165) is 35.3 Å². The second-order valence-corrected chi connectivity index (χ2v) is 5.27. The van der Waals surface area contributed by atoms with E-state index in [4.69, 9.17) is 0 Å². The van der Waals surface area contributed by atoms with E-state index >= 15 is 0 Å². The summed E-state index contributed by atoms with van der Waals surface area (Å²) in [6, 6.07) is 6.39. The van der Waals surface area contributed by atoms with E-state index < -0.39 is 0 Å². The van der Waals surface area contributed by atoms with Crippen molar-refractivity contribution in [3.8, 4) is 11.3 Å². The van der Waals surface area contributed by atoms with Crippen LogP contribution in [-0.2, 0) is 0 Å². The van der Waals surface area contributed by atoms with Gasteiger partial charge in [-0.25, -0.2) is 4.98 Å². The van der Waals surface area contributed by atoms with E-state index in [1.807, 2.05) is 0 Å². The molecule has 0 saturated heterocycles. The molecule has 2 N–H and O–H groups in total. The maximum atomic E-state index is 4.69. The Morgan fingerprint density at radius 3 is 2.81 bits per heavy atom. The van der Waals surface area contributed by atoms with Crippen molar-refractivity contribution >= 4 is 17.0 Å². The van der Waals surface area contributed by atoms with Gasteiger partial charge < -0.3 is 5.32 Å². The third-order valence-electron chi connectivity index (χ3n) is 3.48. The van der Waals surface area contributed by atoms with Crippen molar-refractivity contribution < 1.29 is 0 Å². The van der Waals surface area contributed by atoms with Gasteiger partial charge in [-0.2, -0.15) is 10.1 Å². The Labute approximate surface area is 123 Å². The Hall–Kier alpha value is -2.43. The molecule has 5 heteroatoms. The van der Waals surface area contributed by atoms with Gasteiger partial charge in [0.15, 0.2) is 5.65 Å². The van der Waals surface area contributed by atoms with Gasteiger partial charge in [0.05, 0.1) is 17.3 Å². The van der Waals surface area contributed by atoms with Gasteiger partial charge in [0.1, 0.15) is 0 Å². The summed E-state index contributed by atoms with van der Waals surface area (Å²) in [5.74, 6) is 0.642. The first-order chi connectivity index (χ1) is 10.2. The summed E-state index contributed by atoms with van der Waals surface area (Å²) in [5, 5.41) is 11.2. The van der Waals surface area contributed by atoms with Crippen LogP contribution in [0, 0.1) is 13.8 Å². The lowest BCUT2D eigenvalue weighted by molar-refractivity contribution is 0.955. The standard InChI is InChI=1S/C16H19N5/c1-4-7-17-16-19-14(13-9-18-21-15(13)20-16)12-6-5-10(2)8-11(12)3/h5-6,8-9H,4,7H2,1-3H3,(H2,17,18,19,20,21). The average molecular weight is 281 g/mol. The lowest BCUT2D eigenvalue weighted by atomic mass is 10.0. The summed E-state index contributed by atoms with van der Waals surface area (Å²) in [6.45, 7) is 7.17. The van der Waals surface area contributed by atoms with Gasteiger partial charge in [-0.3, -0.25) is 5.10 Å². The largest absolute Gasteiger partial charge is 0.354 e. The molecular weight excluding hydrogens is 262 g/mol. The number of aryl methyl sites for hydroxylation is 2. The van der Waals surface area contributed by atoms with E-state index in [9.17, 15) is 0 Å². The minimum Gasteiger partial charge on any atom is -0.354 e. The van der Waals surface area contributed by atoms with Crippen LogP contribution in [0.25, 0.3) is 22.3 Å². The fourth-order valence-corrected chi connectivity index (χ4v) is 2.44. The molecule has 0 spiro atoms. The van der Waals surface area contributed by atoms with Crippen LogP contribution < -0.4 is 5.32 Å². The highest BCUT2D eigenvalue weighted by atomic mass is 15.2. The predicted octanol–water partition coefficient (Wildman–Crippen LogP) is 3.46. The molecule has 0 aliphatic carbocycles. The van der Waals surface area contributed by atoms with Crippen LogP contribution in [0.15, 0.2) is 24.4 Å². The molecule has 108 valence electrons. The number of nitrogens with one attached hydrogen (secondary N) is 2. The first-order valence-corrected chi connectivity index (χ1v) is 7.21. The molecule has 0 amide bonds. The van der Waals surface area contributed by atoms with E-state index in [1.165, 1.54) is 11.1 Å². The molecule has 0 bridgehead atoms. The van der Waals surface area contributed by atoms with Gasteiger partial charge in [0, 0.05) is 12.1 Å². The molecule has 3 rings (SSSR count). The van der Waals surface area contributed by atoms with Gasteiger partial charge >= 0.3 is 0 Å². The van der Waals surface area contributed by atoms with Gasteiger partial charge in [0.2, 0.25) is 5.95 Å². The zero-order valence-corrected chi connectivity index (χ0v) is 12.6. The zero-order chi connectivity index (χ0) is 14.8. The molecule has 1 aromatic carbocycles. The molecule has 0 saturated carbocycles. The number of hydrogen-bond acceptors (Lipinski definition) is 4. The fourth-order valence-electron chi connectivity index (χ4n) is 2.44. The molecule has 0 unspecified atom stereocenters. The van der Waals surface area contributed by atoms with Crippen molar-refractivity contribution in [2.24, 2.45) is 0 Å². The van der Waals surface area contributed by atoms with Gasteiger partial charge in [0.25, 0.3) is 0 Å². The van der Waals surface area contributed by atoms with Crippen molar-refractivity contribution in [1.29, 1.82) is 0 Å². The Bertz CT molecular complexity index is 775. The first-order valence-electron chi connectivity index (χ1n) is 7.21. The summed E-state index contributed by atoms with van der Waals surface area (Å²) in [7, 11) is 0. The molecular formula is C16H19N5. The highest BCUT2D eigenvalue weighted by Crippen LogP contribution is 2.29. The summed E-state index contributed by atoms with van der Waals surface area (Å²) < 4.78 is 0. The van der Waals surface area contributed by atoms with Crippen molar-refractivity contribution in [2.45, 2.75) is 27.2 Å². The lowest BCUT2D eigenvalue weighted by Gasteiger charge is -2.10. The lowest BCUT2D eigenvalue weighted by Crippen LogP contribution is -2.05. The van der Waals surface area contributed by atoms with Crippen molar-refractivity contribution in [1.82, 2.24) is 20.2 Å². The molecule has 2 aromatic heterocycles. The van der Waals surface area contributed by atoms with Crippen LogP contribution in [0.4, 0.5) is 5.95 Å². The Morgan fingerprint density at radius 1 is 1.19 bits per heavy atom. The summed E-state index contributed by atoms with van der Waals surface area (Å²) in [4.78, 5) is 9.15. The monoisotopic (exact) mass is 281 g/mol. The number of H-pyrrole nitrogens is 1. The highest BCUT2D eigenvalue weighted by Gasteiger charge is 2.13. The Balaban J connectivity index is 2.17. The van der Waals surface area contributed by atoms with E-state index in [-0.39, 0.29) is 0 Å². The Morgan fingerprint density at radius 2 is 2.05 bits per heavy atom. The van der Waals surface area contributed by atoms with Crippen LogP contribution in [-0.4, -0.2) is 26.7 Å². The van der Waals surface area contributed by atoms with Gasteiger partial charge in [-0.05, 0) is 25.8 Å². The molecule has 5 nitrogen and oxygen atoms in total. The molecule has 2 heterocycles. The number of hydrogen-bond donors (Lipinski definition) is 2. The maximum absolute atomic E-state index is 4.69. The SMILES string of the molecule is CCCNc1nc(-c2ccc(C)cc2C)c2cn[nH]c2n1. The number of benzene rings is 1. The average Bonchev–Trinajstić information content (AvgIpc) is 2.93. The number of aromatic nitrogens is 4. The van der Waals surface area contributed by atoms with Crippen LogP contribution >= 0.6 is 0 Å². The minimum atomic E-state index is 0.642. The molecule has 0 radical (unpaired) electrons. The molecule has 0 atom stereocenters. The normalized spacial score (nSPS) is 11.0. The molecule has 0 aliphatic heterocycles. The quantitative estimate of drug-likeness (QED) is 0.768. The molecule has 21 heavy (non-hydrogen) atoms. The number of rotatable bonds is 4. The fraction of sp³-hybridized carbons (Fsp3) is 0.312. The number of fused-ring (bicyclic) bond motifs is 1. The molecule has 0 fully saturated rings. The topological polar surface area (TPSA) is 66.5 Å². The third-order valence-corrected chi connectivity index (χ3v) is 3.48. The second-order valence-electron chi connectivity index (χ2n) is 5.27. The van der Waals surface area contributed by atoms with Crippen molar-refractivity contribution in [3.05, 3.63) is 35.5 Å². The van der Waals surface area contributed by atoms with Crippen LogP contribution in [0.1, 0.15) is 24.5 Å². The van der Waals surface area contributed by atoms with E-state index in [2.05, 4.69) is 64.5 Å². The van der Waals surface area contributed by atoms with Crippen molar-refractivity contribution in [3.63, 3.8) is 0 Å². The van der Waals surface area contributed by atoms with E-state index in [1.54, 1.807) is 6.20 Å². The van der Waals surface area contributed by atoms with Gasteiger partial charge in [-0.15, -0.1) is 0 Å². The Kier molecular flexibility index (Phi) is 3.56. The highest BCUT2D eigenvalue weighted by molar-refractivity contribution is 5.91. The summed E-state index contributed by atoms with van der Waals surface area (Å²) in [6.07, 6.45) is 2.82.